The SMILES string of the molecule is Cc1ccccc1NC=C(C(=O)O)C(=O)Nc1ccccc1C. The lowest BCUT2D eigenvalue weighted by molar-refractivity contribution is -0.134. The van der Waals surface area contributed by atoms with Crippen LogP contribution in [-0.4, -0.2) is 17.0 Å². The normalized spacial score (nSPS) is 11.0. The molecule has 0 radical (unpaired) electrons. The Labute approximate surface area is 134 Å². The largest absolute Gasteiger partial charge is 0.477 e. The van der Waals surface area contributed by atoms with Crippen molar-refractivity contribution in [3.8, 4) is 0 Å². The van der Waals surface area contributed by atoms with Crippen molar-refractivity contribution in [2.24, 2.45) is 0 Å². The number of para-hydroxylation sites is 2. The van der Waals surface area contributed by atoms with Crippen molar-refractivity contribution in [2.45, 2.75) is 13.8 Å². The minimum atomic E-state index is -1.29. The first-order chi connectivity index (χ1) is 11.0. The van der Waals surface area contributed by atoms with Crippen LogP contribution in [0.25, 0.3) is 0 Å². The van der Waals surface area contributed by atoms with Gasteiger partial charge in [0, 0.05) is 17.6 Å². The summed E-state index contributed by atoms with van der Waals surface area (Å²) in [5.41, 5.74) is 2.78. The van der Waals surface area contributed by atoms with Gasteiger partial charge in [0.15, 0.2) is 0 Å². The molecule has 3 N–H and O–H groups in total. The zero-order chi connectivity index (χ0) is 16.8. The Hall–Kier alpha value is -3.08. The third kappa shape index (κ3) is 4.20. The Morgan fingerprint density at radius 3 is 1.96 bits per heavy atom. The summed E-state index contributed by atoms with van der Waals surface area (Å²) >= 11 is 0. The fraction of sp³-hybridized carbons (Fsp3) is 0.111. The molecular weight excluding hydrogens is 292 g/mol. The molecule has 5 heteroatoms. The smallest absolute Gasteiger partial charge is 0.342 e. The number of aliphatic carboxylic acids is 1. The third-order valence-corrected chi connectivity index (χ3v) is 3.39. The molecule has 23 heavy (non-hydrogen) atoms. The number of anilines is 2. The van der Waals surface area contributed by atoms with E-state index in [2.05, 4.69) is 10.6 Å². The van der Waals surface area contributed by atoms with Crippen LogP contribution in [0.5, 0.6) is 0 Å². The molecule has 0 bridgehead atoms. The van der Waals surface area contributed by atoms with E-state index in [-0.39, 0.29) is 5.57 Å². The molecule has 0 fully saturated rings. The summed E-state index contributed by atoms with van der Waals surface area (Å²) in [6.07, 6.45) is 1.21. The number of aryl methyl sites for hydroxylation is 2. The van der Waals surface area contributed by atoms with Gasteiger partial charge in [-0.15, -0.1) is 0 Å². The number of hydrogen-bond acceptors (Lipinski definition) is 3. The number of amides is 1. The average Bonchev–Trinajstić information content (AvgIpc) is 2.51. The maximum absolute atomic E-state index is 12.2. The van der Waals surface area contributed by atoms with Gasteiger partial charge in [-0.3, -0.25) is 4.79 Å². The lowest BCUT2D eigenvalue weighted by Crippen LogP contribution is -2.21. The van der Waals surface area contributed by atoms with Gasteiger partial charge in [-0.25, -0.2) is 4.79 Å². The zero-order valence-electron chi connectivity index (χ0n) is 13.0. The van der Waals surface area contributed by atoms with Crippen LogP contribution in [0.15, 0.2) is 60.3 Å². The molecular formula is C18H18N2O3. The summed E-state index contributed by atoms with van der Waals surface area (Å²) in [7, 11) is 0. The van der Waals surface area contributed by atoms with Gasteiger partial charge < -0.3 is 15.7 Å². The second-order valence-electron chi connectivity index (χ2n) is 5.09. The minimum Gasteiger partial charge on any atom is -0.477 e. The topological polar surface area (TPSA) is 78.4 Å². The van der Waals surface area contributed by atoms with Crippen LogP contribution in [0.1, 0.15) is 11.1 Å². The summed E-state index contributed by atoms with van der Waals surface area (Å²) in [5, 5.41) is 14.8. The van der Waals surface area contributed by atoms with E-state index >= 15 is 0 Å². The van der Waals surface area contributed by atoms with Gasteiger partial charge in [0.1, 0.15) is 5.57 Å². The molecule has 2 aromatic carbocycles. The van der Waals surface area contributed by atoms with Crippen molar-refractivity contribution in [2.75, 3.05) is 10.6 Å². The third-order valence-electron chi connectivity index (χ3n) is 3.39. The van der Waals surface area contributed by atoms with Crippen LogP contribution >= 0.6 is 0 Å². The highest BCUT2D eigenvalue weighted by molar-refractivity contribution is 6.20. The Balaban J connectivity index is 2.19. The minimum absolute atomic E-state index is 0.364. The standard InChI is InChI=1S/C18H18N2O3/c1-12-7-3-5-9-15(12)19-11-14(18(22)23)17(21)20-16-10-6-4-8-13(16)2/h3-11,19H,1-2H3,(H,20,21)(H,22,23). The Morgan fingerprint density at radius 2 is 1.43 bits per heavy atom. The Bertz CT molecular complexity index is 766. The molecule has 118 valence electrons. The van der Waals surface area contributed by atoms with Gasteiger partial charge in [0.2, 0.25) is 0 Å². The highest BCUT2D eigenvalue weighted by Crippen LogP contribution is 2.16. The maximum atomic E-state index is 12.2. The molecule has 2 rings (SSSR count). The van der Waals surface area contributed by atoms with E-state index in [0.717, 1.165) is 16.8 Å². The average molecular weight is 310 g/mol. The molecule has 0 spiro atoms. The van der Waals surface area contributed by atoms with Crippen LogP contribution in [0, 0.1) is 13.8 Å². The first kappa shape index (κ1) is 16.3. The second kappa shape index (κ2) is 7.26. The number of hydrogen-bond donors (Lipinski definition) is 3. The first-order valence-corrected chi connectivity index (χ1v) is 7.11. The van der Waals surface area contributed by atoms with E-state index in [1.54, 1.807) is 12.1 Å². The molecule has 0 saturated carbocycles. The van der Waals surface area contributed by atoms with Crippen LogP contribution in [0.3, 0.4) is 0 Å². The lowest BCUT2D eigenvalue weighted by atomic mass is 10.2. The molecule has 0 aromatic heterocycles. The second-order valence-corrected chi connectivity index (χ2v) is 5.09. The van der Waals surface area contributed by atoms with Crippen molar-refractivity contribution in [3.05, 3.63) is 71.4 Å². The summed E-state index contributed by atoms with van der Waals surface area (Å²) in [4.78, 5) is 23.6. The van der Waals surface area contributed by atoms with Crippen molar-refractivity contribution in [1.82, 2.24) is 0 Å². The van der Waals surface area contributed by atoms with Crippen molar-refractivity contribution >= 4 is 23.3 Å². The quantitative estimate of drug-likeness (QED) is 0.450. The molecule has 1 amide bonds. The predicted octanol–water partition coefficient (Wildman–Crippen LogP) is 3.32. The molecule has 0 atom stereocenters. The summed E-state index contributed by atoms with van der Waals surface area (Å²) < 4.78 is 0. The van der Waals surface area contributed by atoms with Gasteiger partial charge >= 0.3 is 5.97 Å². The van der Waals surface area contributed by atoms with E-state index in [1.807, 2.05) is 50.2 Å². The lowest BCUT2D eigenvalue weighted by Gasteiger charge is -2.10. The molecule has 0 aliphatic carbocycles. The number of rotatable bonds is 5. The van der Waals surface area contributed by atoms with Crippen LogP contribution in [0.2, 0.25) is 0 Å². The van der Waals surface area contributed by atoms with Crippen LogP contribution < -0.4 is 10.6 Å². The van der Waals surface area contributed by atoms with Gasteiger partial charge in [0.25, 0.3) is 5.91 Å². The maximum Gasteiger partial charge on any atom is 0.342 e. The first-order valence-electron chi connectivity index (χ1n) is 7.11. The van der Waals surface area contributed by atoms with Gasteiger partial charge in [-0.2, -0.15) is 0 Å². The molecule has 0 saturated heterocycles. The number of nitrogens with one attached hydrogen (secondary N) is 2. The molecule has 0 aliphatic rings. The molecule has 5 nitrogen and oxygen atoms in total. The summed E-state index contributed by atoms with van der Waals surface area (Å²) in [6.45, 7) is 3.73. The van der Waals surface area contributed by atoms with Crippen molar-refractivity contribution in [3.63, 3.8) is 0 Å². The van der Waals surface area contributed by atoms with E-state index in [1.165, 1.54) is 6.20 Å². The van der Waals surface area contributed by atoms with E-state index in [0.29, 0.717) is 5.69 Å². The zero-order valence-corrected chi connectivity index (χ0v) is 13.0. The molecule has 0 aliphatic heterocycles. The Kier molecular flexibility index (Phi) is 5.15. The van der Waals surface area contributed by atoms with E-state index in [4.69, 9.17) is 0 Å². The van der Waals surface area contributed by atoms with Crippen molar-refractivity contribution in [1.29, 1.82) is 0 Å². The predicted molar refractivity (Wildman–Crippen MR) is 90.3 cm³/mol. The monoisotopic (exact) mass is 310 g/mol. The molecule has 0 unspecified atom stereocenters. The molecule has 2 aromatic rings. The Morgan fingerprint density at radius 1 is 0.913 bits per heavy atom. The highest BCUT2D eigenvalue weighted by Gasteiger charge is 2.18. The van der Waals surface area contributed by atoms with Gasteiger partial charge in [-0.1, -0.05) is 36.4 Å². The number of carbonyl (C=O) groups is 2. The fourth-order valence-corrected chi connectivity index (χ4v) is 2.01. The van der Waals surface area contributed by atoms with E-state index in [9.17, 15) is 14.7 Å². The van der Waals surface area contributed by atoms with Gasteiger partial charge in [-0.05, 0) is 37.1 Å². The highest BCUT2D eigenvalue weighted by atomic mass is 16.4. The molecule has 0 heterocycles. The number of carbonyl (C=O) groups excluding carboxylic acids is 1. The number of benzene rings is 2. The number of carboxylic acid groups (broad SMARTS) is 1. The number of carboxylic acids is 1. The van der Waals surface area contributed by atoms with E-state index < -0.39 is 11.9 Å². The fourth-order valence-electron chi connectivity index (χ4n) is 2.01. The van der Waals surface area contributed by atoms with Crippen LogP contribution in [-0.2, 0) is 9.59 Å². The summed E-state index contributed by atoms with van der Waals surface area (Å²) in [5.74, 6) is -1.97. The van der Waals surface area contributed by atoms with Crippen LogP contribution in [0.4, 0.5) is 11.4 Å². The van der Waals surface area contributed by atoms with Crippen molar-refractivity contribution < 1.29 is 14.7 Å². The summed E-state index contributed by atoms with van der Waals surface area (Å²) in [6, 6.07) is 14.6. The van der Waals surface area contributed by atoms with Gasteiger partial charge in [0.05, 0.1) is 0 Å².